The number of nitrogens with zero attached hydrogens (tertiary/aromatic N) is 1. The second-order valence-corrected chi connectivity index (χ2v) is 4.57. The van der Waals surface area contributed by atoms with E-state index in [2.05, 4.69) is 17.1 Å². The van der Waals surface area contributed by atoms with E-state index < -0.39 is 0 Å². The van der Waals surface area contributed by atoms with Gasteiger partial charge in [-0.1, -0.05) is 6.42 Å². The predicted molar refractivity (Wildman–Crippen MR) is 62.8 cm³/mol. The Morgan fingerprint density at radius 1 is 1.33 bits per heavy atom. The van der Waals surface area contributed by atoms with Crippen LogP contribution in [0.25, 0.3) is 0 Å². The van der Waals surface area contributed by atoms with Gasteiger partial charge in [0.1, 0.15) is 0 Å². The van der Waals surface area contributed by atoms with Gasteiger partial charge < -0.3 is 10.2 Å². The third kappa shape index (κ3) is 5.17. The van der Waals surface area contributed by atoms with Gasteiger partial charge in [-0.3, -0.25) is 4.79 Å². The van der Waals surface area contributed by atoms with Gasteiger partial charge in [-0.05, 0) is 45.7 Å². The molecule has 0 aromatic rings. The fourth-order valence-corrected chi connectivity index (χ4v) is 2.20. The summed E-state index contributed by atoms with van der Waals surface area (Å²) in [4.78, 5) is 13.2. The Morgan fingerprint density at radius 3 is 2.60 bits per heavy atom. The number of nitrogens with one attached hydrogen (secondary N) is 1. The Kier molecular flexibility index (Phi) is 5.69. The molecule has 1 saturated heterocycles. The lowest BCUT2D eigenvalue weighted by molar-refractivity contribution is -0.118. The fraction of sp³-hybridized carbons (Fsp3) is 0.917. The molecule has 0 aromatic carbocycles. The zero-order chi connectivity index (χ0) is 11.1. The third-order valence-corrected chi connectivity index (χ3v) is 3.19. The van der Waals surface area contributed by atoms with E-state index in [0.29, 0.717) is 6.04 Å². The number of piperidine rings is 1. The third-order valence-electron chi connectivity index (χ3n) is 3.19. The number of carbonyl (C=O) groups is 1. The van der Waals surface area contributed by atoms with Crippen LogP contribution in [0.1, 0.15) is 46.0 Å². The van der Waals surface area contributed by atoms with Crippen molar-refractivity contribution in [1.29, 1.82) is 0 Å². The summed E-state index contributed by atoms with van der Waals surface area (Å²) in [6, 6.07) is 0.680. The Bertz CT molecular complexity index is 188. The molecule has 88 valence electrons. The highest BCUT2D eigenvalue weighted by Crippen LogP contribution is 2.14. The van der Waals surface area contributed by atoms with Crippen LogP contribution in [0.15, 0.2) is 0 Å². The van der Waals surface area contributed by atoms with Crippen molar-refractivity contribution in [3.05, 3.63) is 0 Å². The van der Waals surface area contributed by atoms with Crippen LogP contribution in [0.2, 0.25) is 0 Å². The van der Waals surface area contributed by atoms with E-state index in [1.54, 1.807) is 6.92 Å². The first-order chi connectivity index (χ1) is 7.20. The average molecular weight is 212 g/mol. The topological polar surface area (TPSA) is 32.3 Å². The van der Waals surface area contributed by atoms with E-state index in [0.717, 1.165) is 13.0 Å². The highest BCUT2D eigenvalue weighted by molar-refractivity contribution is 5.72. The normalized spacial score (nSPS) is 19.9. The van der Waals surface area contributed by atoms with Gasteiger partial charge in [0.2, 0.25) is 5.91 Å². The molecule has 0 saturated carbocycles. The van der Waals surface area contributed by atoms with E-state index in [4.69, 9.17) is 0 Å². The van der Waals surface area contributed by atoms with Crippen molar-refractivity contribution >= 4 is 5.91 Å². The fourth-order valence-electron chi connectivity index (χ4n) is 2.20. The van der Waals surface area contributed by atoms with Crippen LogP contribution in [0.5, 0.6) is 0 Å². The zero-order valence-electron chi connectivity index (χ0n) is 10.1. The lowest BCUT2D eigenvalue weighted by Gasteiger charge is -2.32. The highest BCUT2D eigenvalue weighted by Gasteiger charge is 2.15. The Balaban J connectivity index is 2.06. The van der Waals surface area contributed by atoms with Gasteiger partial charge in [-0.15, -0.1) is 0 Å². The van der Waals surface area contributed by atoms with Gasteiger partial charge in [0.25, 0.3) is 0 Å². The Labute approximate surface area is 93.2 Å². The van der Waals surface area contributed by atoms with Crippen LogP contribution in [0, 0.1) is 0 Å². The first-order valence-electron chi connectivity index (χ1n) is 6.18. The van der Waals surface area contributed by atoms with Crippen LogP contribution in [-0.4, -0.2) is 36.5 Å². The Morgan fingerprint density at radius 2 is 2.00 bits per heavy atom. The zero-order valence-corrected chi connectivity index (χ0v) is 10.1. The standard InChI is InChI=1S/C12H24N2O/c1-11(7-6-8-13-12(2)15)14-9-4-3-5-10-14/h11H,3-10H2,1-2H3,(H,13,15). The predicted octanol–water partition coefficient (Wildman–Crippen LogP) is 1.78. The van der Waals surface area contributed by atoms with Crippen LogP contribution in [0.4, 0.5) is 0 Å². The van der Waals surface area contributed by atoms with Gasteiger partial charge >= 0.3 is 0 Å². The maximum atomic E-state index is 10.7. The molecular weight excluding hydrogens is 188 g/mol. The smallest absolute Gasteiger partial charge is 0.216 e. The summed E-state index contributed by atoms with van der Waals surface area (Å²) in [7, 11) is 0. The second kappa shape index (κ2) is 6.83. The van der Waals surface area contributed by atoms with Crippen molar-refractivity contribution in [3.63, 3.8) is 0 Å². The van der Waals surface area contributed by atoms with E-state index in [1.807, 2.05) is 0 Å². The van der Waals surface area contributed by atoms with Gasteiger partial charge in [0, 0.05) is 19.5 Å². The molecule has 1 aliphatic rings. The lowest BCUT2D eigenvalue weighted by Crippen LogP contribution is -2.37. The van der Waals surface area contributed by atoms with E-state index in [1.165, 1.54) is 38.8 Å². The monoisotopic (exact) mass is 212 g/mol. The second-order valence-electron chi connectivity index (χ2n) is 4.57. The number of rotatable bonds is 5. The summed E-state index contributed by atoms with van der Waals surface area (Å²) in [5.41, 5.74) is 0. The maximum Gasteiger partial charge on any atom is 0.216 e. The molecule has 1 rings (SSSR count). The van der Waals surface area contributed by atoms with Crippen LogP contribution in [-0.2, 0) is 4.79 Å². The lowest BCUT2D eigenvalue weighted by atomic mass is 10.1. The molecule has 1 N–H and O–H groups in total. The first kappa shape index (κ1) is 12.5. The quantitative estimate of drug-likeness (QED) is 0.705. The molecule has 3 nitrogen and oxygen atoms in total. The minimum atomic E-state index is 0.0839. The average Bonchev–Trinajstić information content (AvgIpc) is 2.25. The summed E-state index contributed by atoms with van der Waals surface area (Å²) < 4.78 is 0. The van der Waals surface area contributed by atoms with Crippen molar-refractivity contribution in [2.45, 2.75) is 52.0 Å². The molecule has 0 radical (unpaired) electrons. The Hall–Kier alpha value is -0.570. The summed E-state index contributed by atoms with van der Waals surface area (Å²) in [5.74, 6) is 0.0839. The van der Waals surface area contributed by atoms with E-state index >= 15 is 0 Å². The minimum Gasteiger partial charge on any atom is -0.356 e. The summed E-state index contributed by atoms with van der Waals surface area (Å²) >= 11 is 0. The molecule has 0 aliphatic carbocycles. The van der Waals surface area contributed by atoms with Gasteiger partial charge in [0.05, 0.1) is 0 Å². The molecule has 1 aliphatic heterocycles. The van der Waals surface area contributed by atoms with Crippen molar-refractivity contribution in [3.8, 4) is 0 Å². The first-order valence-corrected chi connectivity index (χ1v) is 6.18. The summed E-state index contributed by atoms with van der Waals surface area (Å²) in [6.07, 6.45) is 6.40. The SMILES string of the molecule is CC(=O)NCCCC(C)N1CCCCC1. The largest absolute Gasteiger partial charge is 0.356 e. The van der Waals surface area contributed by atoms with Crippen molar-refractivity contribution < 1.29 is 4.79 Å². The van der Waals surface area contributed by atoms with Crippen molar-refractivity contribution in [1.82, 2.24) is 10.2 Å². The van der Waals surface area contributed by atoms with Crippen LogP contribution in [0.3, 0.4) is 0 Å². The minimum absolute atomic E-state index is 0.0839. The highest BCUT2D eigenvalue weighted by atomic mass is 16.1. The van der Waals surface area contributed by atoms with Gasteiger partial charge in [0.15, 0.2) is 0 Å². The number of hydrogen-bond acceptors (Lipinski definition) is 2. The van der Waals surface area contributed by atoms with Crippen LogP contribution >= 0.6 is 0 Å². The molecule has 0 bridgehead atoms. The molecule has 15 heavy (non-hydrogen) atoms. The van der Waals surface area contributed by atoms with Crippen LogP contribution < -0.4 is 5.32 Å². The number of hydrogen-bond donors (Lipinski definition) is 1. The maximum absolute atomic E-state index is 10.7. The number of carbonyl (C=O) groups excluding carboxylic acids is 1. The summed E-state index contributed by atoms with van der Waals surface area (Å²) in [5, 5.41) is 2.85. The molecule has 1 unspecified atom stereocenters. The molecule has 1 amide bonds. The van der Waals surface area contributed by atoms with Gasteiger partial charge in [-0.25, -0.2) is 0 Å². The molecule has 1 atom stereocenters. The van der Waals surface area contributed by atoms with Crippen molar-refractivity contribution in [2.75, 3.05) is 19.6 Å². The molecule has 1 heterocycles. The molecule has 0 spiro atoms. The van der Waals surface area contributed by atoms with E-state index in [-0.39, 0.29) is 5.91 Å². The molecule has 0 aromatic heterocycles. The molecule has 1 fully saturated rings. The van der Waals surface area contributed by atoms with Gasteiger partial charge in [-0.2, -0.15) is 0 Å². The number of amides is 1. The van der Waals surface area contributed by atoms with Crippen molar-refractivity contribution in [2.24, 2.45) is 0 Å². The van der Waals surface area contributed by atoms with E-state index in [9.17, 15) is 4.79 Å². The summed E-state index contributed by atoms with van der Waals surface area (Å²) in [6.45, 7) is 7.24. The molecule has 3 heteroatoms. The molecular formula is C12H24N2O. The number of likely N-dealkylation sites (tertiary alicyclic amines) is 1.